The normalized spacial score (nSPS) is 20.0. The van der Waals surface area contributed by atoms with E-state index in [1.807, 2.05) is 25.2 Å². The number of aromatic nitrogens is 1. The van der Waals surface area contributed by atoms with Gasteiger partial charge in [0.2, 0.25) is 10.0 Å². The van der Waals surface area contributed by atoms with Crippen LogP contribution in [-0.4, -0.2) is 86.9 Å². The molecule has 9 heteroatoms. The maximum absolute atomic E-state index is 13.1. The largest absolute Gasteiger partial charge is 0.355 e. The maximum atomic E-state index is 13.1. The summed E-state index contributed by atoms with van der Waals surface area (Å²) in [5.41, 5.74) is 1.10. The van der Waals surface area contributed by atoms with E-state index >= 15 is 0 Å². The van der Waals surface area contributed by atoms with Crippen molar-refractivity contribution in [3.8, 4) is 0 Å². The van der Waals surface area contributed by atoms with Crippen LogP contribution in [0.25, 0.3) is 0 Å². The molecule has 2 aliphatic heterocycles. The molecule has 0 N–H and O–H groups in total. The number of rotatable bonds is 5. The van der Waals surface area contributed by atoms with Crippen molar-refractivity contribution in [1.82, 2.24) is 19.1 Å². The van der Waals surface area contributed by atoms with Crippen molar-refractivity contribution >= 4 is 15.8 Å². The van der Waals surface area contributed by atoms with Crippen LogP contribution in [0.1, 0.15) is 12.0 Å². The molecule has 2 aromatic rings. The summed E-state index contributed by atoms with van der Waals surface area (Å²) in [4.78, 5) is 11.4. The molecular weight excluding hydrogens is 417 g/mol. The third-order valence-electron chi connectivity index (χ3n) is 6.05. The van der Waals surface area contributed by atoms with Crippen molar-refractivity contribution in [3.63, 3.8) is 0 Å². The number of sulfonamides is 1. The Morgan fingerprint density at radius 1 is 0.903 bits per heavy atom. The lowest BCUT2D eigenvalue weighted by molar-refractivity contribution is 0.222. The van der Waals surface area contributed by atoms with Crippen molar-refractivity contribution in [3.05, 3.63) is 54.0 Å². The molecule has 1 aromatic heterocycles. The van der Waals surface area contributed by atoms with Crippen LogP contribution in [-0.2, 0) is 16.6 Å². The van der Waals surface area contributed by atoms with E-state index in [-0.39, 0.29) is 10.7 Å². The van der Waals surface area contributed by atoms with Crippen molar-refractivity contribution < 1.29 is 12.8 Å². The molecule has 2 fully saturated rings. The highest BCUT2D eigenvalue weighted by Crippen LogP contribution is 2.21. The van der Waals surface area contributed by atoms with Crippen LogP contribution < -0.4 is 4.90 Å². The third kappa shape index (κ3) is 5.41. The fraction of sp³-hybridized carbons (Fsp3) is 0.500. The molecule has 0 saturated carbocycles. The fourth-order valence-corrected chi connectivity index (χ4v) is 5.46. The molecule has 7 nitrogen and oxygen atoms in total. The van der Waals surface area contributed by atoms with Crippen LogP contribution in [0.2, 0.25) is 0 Å². The van der Waals surface area contributed by atoms with Crippen LogP contribution in [0.3, 0.4) is 0 Å². The Morgan fingerprint density at radius 3 is 2.32 bits per heavy atom. The van der Waals surface area contributed by atoms with Gasteiger partial charge < -0.3 is 9.80 Å². The van der Waals surface area contributed by atoms with Gasteiger partial charge in [-0.05, 0) is 43.3 Å². The number of halogens is 1. The second-order valence-electron chi connectivity index (χ2n) is 8.30. The lowest BCUT2D eigenvalue weighted by Gasteiger charge is -2.31. The van der Waals surface area contributed by atoms with E-state index in [1.165, 1.54) is 18.3 Å². The molecule has 0 atom stereocenters. The number of nitrogens with zero attached hydrogens (tertiary/aromatic N) is 5. The van der Waals surface area contributed by atoms with E-state index in [0.29, 0.717) is 13.1 Å². The summed E-state index contributed by atoms with van der Waals surface area (Å²) in [6.07, 6.45) is 2.48. The number of pyridine rings is 1. The van der Waals surface area contributed by atoms with Gasteiger partial charge in [0, 0.05) is 65.1 Å². The van der Waals surface area contributed by atoms with Gasteiger partial charge in [0.25, 0.3) is 0 Å². The van der Waals surface area contributed by atoms with Crippen LogP contribution in [0.4, 0.5) is 10.2 Å². The molecule has 1 aromatic carbocycles. The zero-order valence-electron chi connectivity index (χ0n) is 18.0. The summed E-state index contributed by atoms with van der Waals surface area (Å²) in [6, 6.07) is 10.2. The standard InChI is InChI=1S/C22H30FN5O2S/c1-25-11-15-28(16-12-25)31(29,30)21-7-8-22(24-17-21)27-10-2-9-26(13-14-27)18-19-3-5-20(23)6-4-19/h3-8,17H,2,9-16,18H2,1H3. The Morgan fingerprint density at radius 2 is 1.65 bits per heavy atom. The fourth-order valence-electron chi connectivity index (χ4n) is 4.10. The summed E-state index contributed by atoms with van der Waals surface area (Å²) < 4.78 is 40.5. The van der Waals surface area contributed by atoms with Crippen LogP contribution in [0.5, 0.6) is 0 Å². The molecular formula is C22H30FN5O2S. The molecule has 0 amide bonds. The summed E-state index contributed by atoms with van der Waals surface area (Å²) >= 11 is 0. The van der Waals surface area contributed by atoms with Crippen LogP contribution in [0.15, 0.2) is 47.5 Å². The molecule has 0 bridgehead atoms. The van der Waals surface area contributed by atoms with Gasteiger partial charge >= 0.3 is 0 Å². The Balaban J connectivity index is 1.37. The first kappa shape index (κ1) is 22.1. The molecule has 0 radical (unpaired) electrons. The first-order valence-electron chi connectivity index (χ1n) is 10.8. The molecule has 31 heavy (non-hydrogen) atoms. The minimum absolute atomic E-state index is 0.213. The number of hydrogen-bond acceptors (Lipinski definition) is 6. The van der Waals surface area contributed by atoms with Gasteiger partial charge in [-0.25, -0.2) is 17.8 Å². The zero-order valence-corrected chi connectivity index (χ0v) is 18.8. The maximum Gasteiger partial charge on any atom is 0.244 e. The van der Waals surface area contributed by atoms with E-state index in [9.17, 15) is 12.8 Å². The van der Waals surface area contributed by atoms with Crippen molar-refractivity contribution in [1.29, 1.82) is 0 Å². The second-order valence-corrected chi connectivity index (χ2v) is 10.2. The molecule has 4 rings (SSSR count). The highest BCUT2D eigenvalue weighted by molar-refractivity contribution is 7.89. The smallest absolute Gasteiger partial charge is 0.244 e. The quantitative estimate of drug-likeness (QED) is 0.698. The molecule has 0 unspecified atom stereocenters. The van der Waals surface area contributed by atoms with Gasteiger partial charge in [-0.3, -0.25) is 4.90 Å². The number of hydrogen-bond donors (Lipinski definition) is 0. The molecule has 2 saturated heterocycles. The van der Waals surface area contributed by atoms with Crippen LogP contribution in [0, 0.1) is 5.82 Å². The van der Waals surface area contributed by atoms with E-state index in [1.54, 1.807) is 10.4 Å². The Kier molecular flexibility index (Phi) is 6.86. The topological polar surface area (TPSA) is 60.0 Å². The Labute approximate surface area is 184 Å². The molecule has 3 heterocycles. The minimum atomic E-state index is -3.50. The molecule has 0 spiro atoms. The van der Waals surface area contributed by atoms with E-state index < -0.39 is 10.0 Å². The highest BCUT2D eigenvalue weighted by Gasteiger charge is 2.28. The van der Waals surface area contributed by atoms with Gasteiger partial charge in [-0.2, -0.15) is 4.31 Å². The number of benzene rings is 1. The zero-order chi connectivity index (χ0) is 21.8. The summed E-state index contributed by atoms with van der Waals surface area (Å²) in [6.45, 7) is 6.83. The predicted octanol–water partition coefficient (Wildman–Crippen LogP) is 1.87. The average Bonchev–Trinajstić information content (AvgIpc) is 3.01. The Hall–Kier alpha value is -2.07. The SMILES string of the molecule is CN1CCN(S(=O)(=O)c2ccc(N3CCCN(Cc4ccc(F)cc4)CC3)nc2)CC1. The van der Waals surface area contributed by atoms with Gasteiger partial charge in [-0.15, -0.1) is 0 Å². The summed E-state index contributed by atoms with van der Waals surface area (Å²) in [5, 5.41) is 0. The van der Waals surface area contributed by atoms with Crippen LogP contribution >= 0.6 is 0 Å². The first-order chi connectivity index (χ1) is 14.9. The first-order valence-corrected chi connectivity index (χ1v) is 12.2. The molecule has 2 aliphatic rings. The summed E-state index contributed by atoms with van der Waals surface area (Å²) in [5.74, 6) is 0.593. The van der Waals surface area contributed by atoms with Crippen molar-refractivity contribution in [2.75, 3.05) is 64.3 Å². The number of piperazine rings is 1. The van der Waals surface area contributed by atoms with Crippen molar-refractivity contribution in [2.24, 2.45) is 0 Å². The second kappa shape index (κ2) is 9.60. The highest BCUT2D eigenvalue weighted by atomic mass is 32.2. The lowest BCUT2D eigenvalue weighted by Crippen LogP contribution is -2.47. The third-order valence-corrected chi connectivity index (χ3v) is 7.93. The van der Waals surface area contributed by atoms with E-state index in [0.717, 1.165) is 63.6 Å². The average molecular weight is 448 g/mol. The Bertz CT molecular complexity index is 960. The number of likely N-dealkylation sites (N-methyl/N-ethyl adjacent to an activating group) is 1. The van der Waals surface area contributed by atoms with Gasteiger partial charge in [0.15, 0.2) is 0 Å². The number of anilines is 1. The van der Waals surface area contributed by atoms with Gasteiger partial charge in [0.1, 0.15) is 16.5 Å². The summed E-state index contributed by atoms with van der Waals surface area (Å²) in [7, 11) is -1.49. The van der Waals surface area contributed by atoms with E-state index in [2.05, 4.69) is 19.7 Å². The van der Waals surface area contributed by atoms with E-state index in [4.69, 9.17) is 0 Å². The minimum Gasteiger partial charge on any atom is -0.355 e. The lowest BCUT2D eigenvalue weighted by atomic mass is 10.2. The monoisotopic (exact) mass is 447 g/mol. The molecule has 168 valence electrons. The molecule has 0 aliphatic carbocycles. The van der Waals surface area contributed by atoms with Gasteiger partial charge in [0.05, 0.1) is 0 Å². The van der Waals surface area contributed by atoms with Crippen molar-refractivity contribution in [2.45, 2.75) is 17.9 Å². The predicted molar refractivity (Wildman–Crippen MR) is 119 cm³/mol. The van der Waals surface area contributed by atoms with Gasteiger partial charge in [-0.1, -0.05) is 12.1 Å².